The van der Waals surface area contributed by atoms with E-state index in [1.165, 1.54) is 24.7 Å². The number of alkyl halides is 3. The van der Waals surface area contributed by atoms with Crippen LogP contribution in [-0.4, -0.2) is 20.3 Å². The number of fused-ring (bicyclic) bond motifs is 1. The Labute approximate surface area is 169 Å². The first kappa shape index (κ1) is 19.4. The smallest absolute Gasteiger partial charge is 0.419 e. The first-order valence-electron chi connectivity index (χ1n) is 8.86. The van der Waals surface area contributed by atoms with Gasteiger partial charge in [0.25, 0.3) is 5.91 Å². The number of pyridine rings is 2. The van der Waals surface area contributed by atoms with E-state index >= 15 is 0 Å². The van der Waals surface area contributed by atoms with Crippen LogP contribution in [0.3, 0.4) is 0 Å². The normalized spacial score (nSPS) is 11.5. The standard InChI is InChI=1S/C21H15F3N4O2/c1-13-4-7-15(8-5-13)30-18-9-6-14(11-25-18)26-20(29)17-12-28-10-2-3-16(19(28)27-17)21(22,23)24/h2-12H,1H3,(H,26,29). The molecule has 0 radical (unpaired) electrons. The second-order valence-electron chi connectivity index (χ2n) is 6.53. The second kappa shape index (κ2) is 7.51. The quantitative estimate of drug-likeness (QED) is 0.506. The van der Waals surface area contributed by atoms with E-state index < -0.39 is 17.6 Å². The van der Waals surface area contributed by atoms with E-state index in [1.54, 1.807) is 12.1 Å². The van der Waals surface area contributed by atoms with E-state index in [2.05, 4.69) is 15.3 Å². The van der Waals surface area contributed by atoms with Gasteiger partial charge in [-0.05, 0) is 37.3 Å². The highest BCUT2D eigenvalue weighted by molar-refractivity contribution is 6.03. The lowest BCUT2D eigenvalue weighted by Crippen LogP contribution is -2.12. The molecule has 0 atom stereocenters. The van der Waals surface area contributed by atoms with Crippen molar-refractivity contribution in [2.24, 2.45) is 0 Å². The monoisotopic (exact) mass is 412 g/mol. The van der Waals surface area contributed by atoms with Crippen LogP contribution in [0.4, 0.5) is 18.9 Å². The van der Waals surface area contributed by atoms with Gasteiger partial charge in [-0.1, -0.05) is 17.7 Å². The number of hydrogen-bond acceptors (Lipinski definition) is 4. The van der Waals surface area contributed by atoms with Gasteiger partial charge in [-0.2, -0.15) is 13.2 Å². The number of aromatic nitrogens is 3. The molecule has 1 N–H and O–H groups in total. The lowest BCUT2D eigenvalue weighted by atomic mass is 10.2. The van der Waals surface area contributed by atoms with Crippen molar-refractivity contribution in [1.82, 2.24) is 14.4 Å². The number of benzene rings is 1. The number of aryl methyl sites for hydroxylation is 1. The number of hydrogen-bond donors (Lipinski definition) is 1. The SMILES string of the molecule is Cc1ccc(Oc2ccc(NC(=O)c3cn4cccc(C(F)(F)F)c4n3)cn2)cc1. The molecule has 1 aromatic carbocycles. The molecular weight excluding hydrogens is 397 g/mol. The highest BCUT2D eigenvalue weighted by Gasteiger charge is 2.34. The molecule has 0 unspecified atom stereocenters. The number of amides is 1. The number of halogens is 3. The number of ether oxygens (including phenoxy) is 1. The van der Waals surface area contributed by atoms with Gasteiger partial charge in [0.05, 0.1) is 17.4 Å². The Morgan fingerprint density at radius 3 is 2.53 bits per heavy atom. The molecule has 0 spiro atoms. The van der Waals surface area contributed by atoms with E-state index in [-0.39, 0.29) is 11.3 Å². The molecule has 3 aromatic heterocycles. The van der Waals surface area contributed by atoms with Crippen molar-refractivity contribution < 1.29 is 22.7 Å². The Bertz CT molecular complexity index is 1200. The summed E-state index contributed by atoms with van der Waals surface area (Å²) >= 11 is 0. The molecule has 30 heavy (non-hydrogen) atoms. The van der Waals surface area contributed by atoms with Crippen LogP contribution >= 0.6 is 0 Å². The first-order chi connectivity index (χ1) is 14.3. The zero-order valence-electron chi connectivity index (χ0n) is 15.6. The third-order valence-corrected chi connectivity index (χ3v) is 4.26. The van der Waals surface area contributed by atoms with Gasteiger partial charge in [0.15, 0.2) is 0 Å². The summed E-state index contributed by atoms with van der Waals surface area (Å²) in [4.78, 5) is 20.4. The average Bonchev–Trinajstić information content (AvgIpc) is 3.15. The van der Waals surface area contributed by atoms with Gasteiger partial charge in [-0.25, -0.2) is 9.97 Å². The lowest BCUT2D eigenvalue weighted by molar-refractivity contribution is -0.136. The number of rotatable bonds is 4. The van der Waals surface area contributed by atoms with Crippen molar-refractivity contribution in [3.05, 3.63) is 83.9 Å². The maximum Gasteiger partial charge on any atom is 0.419 e. The third kappa shape index (κ3) is 4.09. The van der Waals surface area contributed by atoms with Gasteiger partial charge in [-0.3, -0.25) is 4.79 Å². The summed E-state index contributed by atoms with van der Waals surface area (Å²) in [5.74, 6) is 0.301. The van der Waals surface area contributed by atoms with Gasteiger partial charge in [-0.15, -0.1) is 0 Å². The van der Waals surface area contributed by atoms with Crippen molar-refractivity contribution in [2.45, 2.75) is 13.1 Å². The van der Waals surface area contributed by atoms with Crippen molar-refractivity contribution in [3.8, 4) is 11.6 Å². The molecule has 0 saturated heterocycles. The summed E-state index contributed by atoms with van der Waals surface area (Å²) in [7, 11) is 0. The van der Waals surface area contributed by atoms with Gasteiger partial charge in [0.2, 0.25) is 5.88 Å². The Hall–Kier alpha value is -3.88. The lowest BCUT2D eigenvalue weighted by Gasteiger charge is -2.07. The molecule has 4 aromatic rings. The van der Waals surface area contributed by atoms with E-state index in [0.29, 0.717) is 17.3 Å². The summed E-state index contributed by atoms with van der Waals surface area (Å²) in [5.41, 5.74) is 0.0529. The van der Waals surface area contributed by atoms with E-state index in [1.807, 2.05) is 31.2 Å². The van der Waals surface area contributed by atoms with Crippen molar-refractivity contribution >= 4 is 17.2 Å². The van der Waals surface area contributed by atoms with Crippen LogP contribution in [0.5, 0.6) is 11.6 Å². The van der Waals surface area contributed by atoms with Gasteiger partial charge >= 0.3 is 6.18 Å². The minimum absolute atomic E-state index is 0.147. The summed E-state index contributed by atoms with van der Waals surface area (Å²) in [6, 6.07) is 12.7. The number of nitrogens with zero attached hydrogens (tertiary/aromatic N) is 3. The van der Waals surface area contributed by atoms with Gasteiger partial charge in [0.1, 0.15) is 17.1 Å². The summed E-state index contributed by atoms with van der Waals surface area (Å²) in [6.45, 7) is 1.96. The molecule has 152 valence electrons. The molecule has 0 aliphatic rings. The van der Waals surface area contributed by atoms with Crippen molar-refractivity contribution in [3.63, 3.8) is 0 Å². The summed E-state index contributed by atoms with van der Waals surface area (Å²) in [5, 5.41) is 2.56. The highest BCUT2D eigenvalue weighted by atomic mass is 19.4. The zero-order chi connectivity index (χ0) is 21.3. The summed E-state index contributed by atoms with van der Waals surface area (Å²) in [6.07, 6.45) is -0.549. The van der Waals surface area contributed by atoms with Gasteiger partial charge < -0.3 is 14.5 Å². The number of carbonyl (C=O) groups is 1. The van der Waals surface area contributed by atoms with Crippen molar-refractivity contribution in [2.75, 3.05) is 5.32 Å². The number of carbonyl (C=O) groups excluding carboxylic acids is 1. The van der Waals surface area contributed by atoms with Crippen LogP contribution in [0.1, 0.15) is 21.6 Å². The van der Waals surface area contributed by atoms with Crippen LogP contribution < -0.4 is 10.1 Å². The minimum Gasteiger partial charge on any atom is -0.439 e. The molecule has 1 amide bonds. The molecule has 0 fully saturated rings. The fraction of sp³-hybridized carbons (Fsp3) is 0.0952. The average molecular weight is 412 g/mol. The molecule has 6 nitrogen and oxygen atoms in total. The summed E-state index contributed by atoms with van der Waals surface area (Å²) < 4.78 is 46.1. The molecule has 0 aliphatic carbocycles. The number of imidazole rings is 1. The molecule has 0 aliphatic heterocycles. The third-order valence-electron chi connectivity index (χ3n) is 4.26. The minimum atomic E-state index is -4.57. The predicted octanol–water partition coefficient (Wildman–Crippen LogP) is 5.10. The Kier molecular flexibility index (Phi) is 4.86. The molecular formula is C21H15F3N4O2. The Balaban J connectivity index is 1.49. The molecule has 3 heterocycles. The Morgan fingerprint density at radius 1 is 1.10 bits per heavy atom. The van der Waals surface area contributed by atoms with Crippen LogP contribution in [-0.2, 0) is 6.18 Å². The first-order valence-corrected chi connectivity index (χ1v) is 8.86. The number of nitrogens with one attached hydrogen (secondary N) is 1. The molecule has 9 heteroatoms. The van der Waals surface area contributed by atoms with Crippen LogP contribution in [0.2, 0.25) is 0 Å². The molecule has 0 bridgehead atoms. The fourth-order valence-corrected chi connectivity index (χ4v) is 2.78. The van der Waals surface area contributed by atoms with Crippen LogP contribution in [0.15, 0.2) is 67.1 Å². The second-order valence-corrected chi connectivity index (χ2v) is 6.53. The number of anilines is 1. The Morgan fingerprint density at radius 2 is 1.87 bits per heavy atom. The predicted molar refractivity (Wildman–Crippen MR) is 104 cm³/mol. The topological polar surface area (TPSA) is 68.5 Å². The zero-order valence-corrected chi connectivity index (χ0v) is 15.6. The van der Waals surface area contributed by atoms with E-state index in [9.17, 15) is 18.0 Å². The van der Waals surface area contributed by atoms with E-state index in [0.717, 1.165) is 16.0 Å². The maximum absolute atomic E-state index is 13.1. The largest absolute Gasteiger partial charge is 0.439 e. The highest BCUT2D eigenvalue weighted by Crippen LogP contribution is 2.32. The maximum atomic E-state index is 13.1. The van der Waals surface area contributed by atoms with Crippen LogP contribution in [0.25, 0.3) is 5.65 Å². The molecule has 4 rings (SSSR count). The van der Waals surface area contributed by atoms with E-state index in [4.69, 9.17) is 4.74 Å². The van der Waals surface area contributed by atoms with Crippen molar-refractivity contribution in [1.29, 1.82) is 0 Å². The fourth-order valence-electron chi connectivity index (χ4n) is 2.78. The van der Waals surface area contributed by atoms with Gasteiger partial charge in [0, 0.05) is 18.5 Å². The molecule has 0 saturated carbocycles. The van der Waals surface area contributed by atoms with Crippen LogP contribution in [0, 0.1) is 6.92 Å².